The van der Waals surface area contributed by atoms with Crippen LogP contribution in [0.5, 0.6) is 5.75 Å². The van der Waals surface area contributed by atoms with Crippen molar-refractivity contribution in [3.63, 3.8) is 0 Å². The van der Waals surface area contributed by atoms with E-state index in [2.05, 4.69) is 25.7 Å². The zero-order valence-electron chi connectivity index (χ0n) is 17.6. The van der Waals surface area contributed by atoms with Crippen LogP contribution in [0.1, 0.15) is 39.0 Å². The van der Waals surface area contributed by atoms with E-state index < -0.39 is 0 Å². The number of ether oxygens (including phenoxy) is 1. The number of aliphatic hydroxyl groups is 1. The van der Waals surface area contributed by atoms with Gasteiger partial charge in [-0.05, 0) is 37.8 Å². The maximum absolute atomic E-state index is 11.2. The number of carbonyl (C=O) groups excluding carboxylic acids is 1. The number of nitrogens with one attached hydrogen (secondary N) is 2. The third kappa shape index (κ3) is 5.11. The van der Waals surface area contributed by atoms with Gasteiger partial charge in [0.15, 0.2) is 5.82 Å². The van der Waals surface area contributed by atoms with E-state index in [-0.39, 0.29) is 24.6 Å². The molecule has 0 unspecified atom stereocenters. The highest BCUT2D eigenvalue weighted by Gasteiger charge is 2.22. The predicted octanol–water partition coefficient (Wildman–Crippen LogP) is 2.44. The van der Waals surface area contributed by atoms with Crippen molar-refractivity contribution < 1.29 is 14.6 Å². The van der Waals surface area contributed by atoms with Gasteiger partial charge in [0.2, 0.25) is 11.9 Å². The van der Waals surface area contributed by atoms with Crippen LogP contribution in [-0.4, -0.2) is 56.1 Å². The summed E-state index contributed by atoms with van der Waals surface area (Å²) in [5, 5.41) is 20.8. The zero-order chi connectivity index (χ0) is 21.6. The van der Waals surface area contributed by atoms with Crippen LogP contribution < -0.4 is 15.4 Å². The summed E-state index contributed by atoms with van der Waals surface area (Å²) in [4.78, 5) is 20.3. The lowest BCUT2D eigenvalue weighted by atomic mass is 9.91. The predicted molar refractivity (Wildman–Crippen MR) is 117 cm³/mol. The summed E-state index contributed by atoms with van der Waals surface area (Å²) in [5.41, 5.74) is 0.891. The summed E-state index contributed by atoms with van der Waals surface area (Å²) in [5.74, 6) is 2.01. The number of carbonyl (C=O) groups is 1. The summed E-state index contributed by atoms with van der Waals surface area (Å²) in [6.07, 6.45) is 7.87. The minimum absolute atomic E-state index is 0.0286. The van der Waals surface area contributed by atoms with Crippen LogP contribution in [0.4, 0.5) is 5.95 Å². The molecule has 4 rings (SSSR count). The number of nitrogens with zero attached hydrogens (tertiary/aromatic N) is 4. The largest absolute Gasteiger partial charge is 0.493 e. The van der Waals surface area contributed by atoms with Crippen molar-refractivity contribution in [2.75, 3.05) is 18.5 Å². The standard InChI is InChI=1S/C22H28N6O3/c1-15(30)25-16-6-8-17(9-7-16)26-22-23-11-10-21(27-22)28-19-4-2-5-20(18(19)14-24-28)31-13-3-12-29/h2,4-5,10-11,14,16-17,29H,3,6-9,12-13H2,1H3,(H,25,30)(H,23,26,27)/t16-,17-. The molecule has 1 aliphatic rings. The van der Waals surface area contributed by atoms with Gasteiger partial charge in [0.25, 0.3) is 0 Å². The van der Waals surface area contributed by atoms with E-state index in [1.807, 2.05) is 24.3 Å². The first-order chi connectivity index (χ1) is 15.1. The van der Waals surface area contributed by atoms with Crippen LogP contribution in [0.15, 0.2) is 36.7 Å². The van der Waals surface area contributed by atoms with E-state index in [1.54, 1.807) is 24.0 Å². The molecule has 1 saturated carbocycles. The quantitative estimate of drug-likeness (QED) is 0.476. The Morgan fingerprint density at radius 3 is 2.81 bits per heavy atom. The van der Waals surface area contributed by atoms with Gasteiger partial charge in [-0.15, -0.1) is 0 Å². The smallest absolute Gasteiger partial charge is 0.224 e. The van der Waals surface area contributed by atoms with Gasteiger partial charge >= 0.3 is 0 Å². The van der Waals surface area contributed by atoms with Gasteiger partial charge in [0.05, 0.1) is 23.7 Å². The lowest BCUT2D eigenvalue weighted by Gasteiger charge is -2.29. The average Bonchev–Trinajstić information content (AvgIpc) is 3.20. The molecule has 0 saturated heterocycles. The Morgan fingerprint density at radius 2 is 2.03 bits per heavy atom. The number of aromatic nitrogens is 4. The first kappa shape index (κ1) is 21.0. The van der Waals surface area contributed by atoms with Crippen molar-refractivity contribution in [2.45, 2.75) is 51.1 Å². The van der Waals surface area contributed by atoms with Crippen LogP contribution in [0.2, 0.25) is 0 Å². The van der Waals surface area contributed by atoms with Crippen LogP contribution in [-0.2, 0) is 4.79 Å². The minimum Gasteiger partial charge on any atom is -0.493 e. The number of fused-ring (bicyclic) bond motifs is 1. The molecule has 164 valence electrons. The molecule has 1 aromatic carbocycles. The van der Waals surface area contributed by atoms with Crippen molar-refractivity contribution >= 4 is 22.8 Å². The molecule has 0 aliphatic heterocycles. The fourth-order valence-electron chi connectivity index (χ4n) is 3.97. The second kappa shape index (κ2) is 9.74. The third-order valence-corrected chi connectivity index (χ3v) is 5.46. The Hall–Kier alpha value is -3.20. The first-order valence-corrected chi connectivity index (χ1v) is 10.7. The first-order valence-electron chi connectivity index (χ1n) is 10.7. The monoisotopic (exact) mass is 424 g/mol. The van der Waals surface area contributed by atoms with E-state index in [1.165, 1.54) is 0 Å². The zero-order valence-corrected chi connectivity index (χ0v) is 17.6. The van der Waals surface area contributed by atoms with Crippen LogP contribution in [0, 0.1) is 0 Å². The number of rotatable bonds is 8. The van der Waals surface area contributed by atoms with Crippen molar-refractivity contribution in [3.05, 3.63) is 36.7 Å². The Balaban J connectivity index is 1.47. The Labute approximate surface area is 180 Å². The van der Waals surface area contributed by atoms with Gasteiger partial charge in [-0.1, -0.05) is 6.07 Å². The van der Waals surface area contributed by atoms with Gasteiger partial charge in [0.1, 0.15) is 5.75 Å². The molecule has 3 aromatic rings. The molecule has 1 fully saturated rings. The van der Waals surface area contributed by atoms with Gasteiger partial charge in [0, 0.05) is 44.3 Å². The van der Waals surface area contributed by atoms with Crippen LogP contribution >= 0.6 is 0 Å². The van der Waals surface area contributed by atoms with Gasteiger partial charge in [-0.3, -0.25) is 4.79 Å². The van der Waals surface area contributed by atoms with Gasteiger partial charge in [-0.2, -0.15) is 10.1 Å². The van der Waals surface area contributed by atoms with Crippen LogP contribution in [0.25, 0.3) is 16.7 Å². The molecule has 31 heavy (non-hydrogen) atoms. The highest BCUT2D eigenvalue weighted by Crippen LogP contribution is 2.27. The minimum atomic E-state index is 0.0286. The fourth-order valence-corrected chi connectivity index (χ4v) is 3.97. The maximum Gasteiger partial charge on any atom is 0.224 e. The number of hydrogen-bond donors (Lipinski definition) is 3. The average molecular weight is 425 g/mol. The number of amides is 1. The molecular formula is C22H28N6O3. The van der Waals surface area contributed by atoms with Crippen molar-refractivity contribution in [1.82, 2.24) is 25.1 Å². The van der Waals surface area contributed by atoms with E-state index in [4.69, 9.17) is 9.84 Å². The summed E-state index contributed by atoms with van der Waals surface area (Å²) in [7, 11) is 0. The molecule has 9 nitrogen and oxygen atoms in total. The van der Waals surface area contributed by atoms with Crippen molar-refractivity contribution in [1.29, 1.82) is 0 Å². The molecule has 2 heterocycles. The molecule has 9 heteroatoms. The summed E-state index contributed by atoms with van der Waals surface area (Å²) < 4.78 is 7.55. The lowest BCUT2D eigenvalue weighted by Crippen LogP contribution is -2.39. The summed E-state index contributed by atoms with van der Waals surface area (Å²) in [6.45, 7) is 2.11. The molecule has 1 aliphatic carbocycles. The molecule has 0 radical (unpaired) electrons. The van der Waals surface area contributed by atoms with Crippen molar-refractivity contribution in [2.24, 2.45) is 0 Å². The fraction of sp³-hybridized carbons (Fsp3) is 0.455. The molecule has 2 aromatic heterocycles. The van der Waals surface area contributed by atoms with E-state index in [9.17, 15) is 4.79 Å². The van der Waals surface area contributed by atoms with Crippen LogP contribution in [0.3, 0.4) is 0 Å². The number of anilines is 1. The molecule has 1 amide bonds. The molecule has 3 N–H and O–H groups in total. The van der Waals surface area contributed by atoms with E-state index >= 15 is 0 Å². The Bertz CT molecular complexity index is 1030. The SMILES string of the molecule is CC(=O)N[C@H]1CC[C@H](Nc2nccc(-n3ncc4c(OCCCO)cccc43)n2)CC1. The number of benzene rings is 1. The summed E-state index contributed by atoms with van der Waals surface area (Å²) >= 11 is 0. The number of hydrogen-bond acceptors (Lipinski definition) is 7. The molecule has 0 spiro atoms. The van der Waals surface area contributed by atoms with Gasteiger partial charge < -0.3 is 20.5 Å². The topological polar surface area (TPSA) is 114 Å². The maximum atomic E-state index is 11.2. The highest BCUT2D eigenvalue weighted by atomic mass is 16.5. The van der Waals surface area contributed by atoms with Gasteiger partial charge in [-0.25, -0.2) is 9.67 Å². The van der Waals surface area contributed by atoms with E-state index in [0.29, 0.717) is 24.8 Å². The van der Waals surface area contributed by atoms with E-state index in [0.717, 1.165) is 42.3 Å². The highest BCUT2D eigenvalue weighted by molar-refractivity contribution is 5.86. The molecular weight excluding hydrogens is 396 g/mol. The van der Waals surface area contributed by atoms with Crippen molar-refractivity contribution in [3.8, 4) is 11.6 Å². The lowest BCUT2D eigenvalue weighted by molar-refractivity contribution is -0.119. The third-order valence-electron chi connectivity index (χ3n) is 5.46. The number of aliphatic hydroxyl groups excluding tert-OH is 1. The summed E-state index contributed by atoms with van der Waals surface area (Å²) in [6, 6.07) is 8.15. The normalized spacial score (nSPS) is 18.6. The Kier molecular flexibility index (Phi) is 6.61. The second-order valence-electron chi connectivity index (χ2n) is 7.80. The molecule has 0 atom stereocenters. The second-order valence-corrected chi connectivity index (χ2v) is 7.80. The Morgan fingerprint density at radius 1 is 1.23 bits per heavy atom. The molecule has 0 bridgehead atoms.